The third-order valence-electron chi connectivity index (χ3n) is 1.12. The Hall–Kier alpha value is -0.753. The summed E-state index contributed by atoms with van der Waals surface area (Å²) in [6.07, 6.45) is 0. The monoisotopic (exact) mass is 145 g/mol. The molecular weight excluding hydrogens is 137 g/mol. The first-order chi connectivity index (χ1) is 4.84. The van der Waals surface area contributed by atoms with E-state index >= 15 is 0 Å². The van der Waals surface area contributed by atoms with Gasteiger partial charge in [0.2, 0.25) is 0 Å². The van der Waals surface area contributed by atoms with Gasteiger partial charge in [-0.3, -0.25) is 0 Å². The second-order valence-electron chi connectivity index (χ2n) is 1.77. The number of carbonyl (C=O) groups excluding carboxylic acids is 1. The van der Waals surface area contributed by atoms with Gasteiger partial charge in [-0.25, -0.2) is 4.79 Å². The van der Waals surface area contributed by atoms with Crippen LogP contribution in [0.15, 0.2) is 30.3 Å². The van der Waals surface area contributed by atoms with Gasteiger partial charge in [-0.15, -0.1) is 0 Å². The van der Waals surface area contributed by atoms with Crippen LogP contribution in [0.4, 0.5) is 0 Å². The molecule has 2 N–H and O–H groups in total. The number of nitrogens with two attached hydrogens (primary N) is 1. The van der Waals surface area contributed by atoms with E-state index in [2.05, 4.69) is 10.7 Å². The molecule has 0 bridgehead atoms. The van der Waals surface area contributed by atoms with Crippen LogP contribution in [0.1, 0.15) is 10.4 Å². The van der Waals surface area contributed by atoms with Crippen molar-refractivity contribution in [3.05, 3.63) is 35.9 Å². The molecule has 0 saturated heterocycles. The van der Waals surface area contributed by atoms with E-state index in [0.29, 0.717) is 5.56 Å². The number of hydrogen-bond donors (Lipinski definition) is 1. The Balaban J connectivity index is 0.000001000. The molecule has 0 saturated carbocycles. The number of carbonyl (C=O) groups is 1. The van der Waals surface area contributed by atoms with Gasteiger partial charge in [-0.2, -0.15) is 5.90 Å². The van der Waals surface area contributed by atoms with Crippen LogP contribution in [0.3, 0.4) is 0 Å². The van der Waals surface area contributed by atoms with Gasteiger partial charge < -0.3 is 4.84 Å². The Labute approximate surface area is 76.7 Å². The van der Waals surface area contributed by atoms with Gasteiger partial charge in [0.1, 0.15) is 0 Å². The normalized spacial score (nSPS) is 8.09. The first-order valence-corrected chi connectivity index (χ1v) is 2.80. The van der Waals surface area contributed by atoms with Crippen molar-refractivity contribution in [2.45, 2.75) is 0 Å². The maximum atomic E-state index is 10.7. The molecule has 0 unspecified atom stereocenters. The summed E-state index contributed by atoms with van der Waals surface area (Å²) < 4.78 is 0. The summed E-state index contributed by atoms with van der Waals surface area (Å²) in [6, 6.07) is 8.57. The molecule has 4 heteroatoms. The average molecular weight is 145 g/mol. The molecule has 1 aromatic rings. The molecule has 0 aromatic heterocycles. The van der Waals surface area contributed by atoms with E-state index in [1.165, 1.54) is 0 Å². The topological polar surface area (TPSA) is 52.3 Å². The van der Waals surface area contributed by atoms with E-state index in [0.717, 1.165) is 0 Å². The van der Waals surface area contributed by atoms with Gasteiger partial charge >= 0.3 is 24.8 Å². The van der Waals surface area contributed by atoms with Gasteiger partial charge in [0, 0.05) is 0 Å². The molecular formula is C7H8LiNO2. The number of benzene rings is 1. The Morgan fingerprint density at radius 3 is 2.27 bits per heavy atom. The number of hydrogen-bond acceptors (Lipinski definition) is 3. The first kappa shape index (κ1) is 10.2. The molecule has 0 aliphatic heterocycles. The molecule has 1 rings (SSSR count). The second-order valence-corrected chi connectivity index (χ2v) is 1.77. The SMILES string of the molecule is NOC(=O)c1ccccc1.[LiH]. The van der Waals surface area contributed by atoms with Crippen molar-refractivity contribution in [3.8, 4) is 0 Å². The fraction of sp³-hybridized carbons (Fsp3) is 0. The van der Waals surface area contributed by atoms with E-state index in [1.54, 1.807) is 24.3 Å². The predicted octanol–water partition coefficient (Wildman–Crippen LogP) is 0.0686. The molecule has 54 valence electrons. The van der Waals surface area contributed by atoms with E-state index in [-0.39, 0.29) is 18.9 Å². The molecule has 0 fully saturated rings. The zero-order chi connectivity index (χ0) is 7.40. The van der Waals surface area contributed by atoms with Gasteiger partial charge in [-0.05, 0) is 12.1 Å². The molecule has 0 aliphatic carbocycles. The zero-order valence-electron chi connectivity index (χ0n) is 5.28. The van der Waals surface area contributed by atoms with Crippen molar-refractivity contribution in [1.82, 2.24) is 0 Å². The van der Waals surface area contributed by atoms with Crippen molar-refractivity contribution < 1.29 is 9.63 Å². The third-order valence-corrected chi connectivity index (χ3v) is 1.12. The minimum absolute atomic E-state index is 0. The fourth-order valence-electron chi connectivity index (χ4n) is 0.642. The summed E-state index contributed by atoms with van der Waals surface area (Å²) in [4.78, 5) is 14.7. The van der Waals surface area contributed by atoms with E-state index in [1.807, 2.05) is 6.07 Å². The van der Waals surface area contributed by atoms with Crippen LogP contribution >= 0.6 is 0 Å². The molecule has 1 aromatic carbocycles. The standard InChI is InChI=1S/C7H7NO2.Li.H/c8-10-7(9)6-4-2-1-3-5-6;;/h1-5H,8H2;;. The summed E-state index contributed by atoms with van der Waals surface area (Å²) in [5, 5.41) is 0. The van der Waals surface area contributed by atoms with Crippen molar-refractivity contribution >= 4 is 24.8 Å². The van der Waals surface area contributed by atoms with Crippen LogP contribution in [0.5, 0.6) is 0 Å². The Morgan fingerprint density at radius 1 is 1.27 bits per heavy atom. The van der Waals surface area contributed by atoms with Crippen molar-refractivity contribution in [2.24, 2.45) is 5.90 Å². The zero-order valence-corrected chi connectivity index (χ0v) is 5.28. The molecule has 11 heavy (non-hydrogen) atoms. The van der Waals surface area contributed by atoms with Crippen LogP contribution in [0.25, 0.3) is 0 Å². The Morgan fingerprint density at radius 2 is 1.82 bits per heavy atom. The van der Waals surface area contributed by atoms with Gasteiger partial charge in [-0.1, -0.05) is 18.2 Å². The van der Waals surface area contributed by atoms with Crippen molar-refractivity contribution in [2.75, 3.05) is 0 Å². The van der Waals surface area contributed by atoms with Gasteiger partial charge in [0.05, 0.1) is 5.56 Å². The molecule has 0 radical (unpaired) electrons. The molecule has 0 aliphatic rings. The van der Waals surface area contributed by atoms with E-state index < -0.39 is 5.97 Å². The summed E-state index contributed by atoms with van der Waals surface area (Å²) >= 11 is 0. The van der Waals surface area contributed by atoms with Crippen LogP contribution in [0, 0.1) is 0 Å². The molecule has 0 amide bonds. The first-order valence-electron chi connectivity index (χ1n) is 2.80. The molecule has 3 nitrogen and oxygen atoms in total. The second kappa shape index (κ2) is 4.97. The van der Waals surface area contributed by atoms with E-state index in [4.69, 9.17) is 0 Å². The van der Waals surface area contributed by atoms with Gasteiger partial charge in [0.25, 0.3) is 0 Å². The van der Waals surface area contributed by atoms with Crippen molar-refractivity contribution in [3.63, 3.8) is 0 Å². The quantitative estimate of drug-likeness (QED) is 0.449. The summed E-state index contributed by atoms with van der Waals surface area (Å²) in [5.74, 6) is 4.14. The van der Waals surface area contributed by atoms with Crippen LogP contribution in [0.2, 0.25) is 0 Å². The number of rotatable bonds is 1. The van der Waals surface area contributed by atoms with Crippen LogP contribution < -0.4 is 5.90 Å². The summed E-state index contributed by atoms with van der Waals surface area (Å²) in [7, 11) is 0. The van der Waals surface area contributed by atoms with Crippen LogP contribution in [-0.4, -0.2) is 24.8 Å². The molecule has 0 spiro atoms. The van der Waals surface area contributed by atoms with Crippen molar-refractivity contribution in [1.29, 1.82) is 0 Å². The predicted molar refractivity (Wildman–Crippen MR) is 43.2 cm³/mol. The average Bonchev–Trinajstić information content (AvgIpc) is 2.05. The van der Waals surface area contributed by atoms with E-state index in [9.17, 15) is 4.79 Å². The molecule has 0 atom stereocenters. The Bertz CT molecular complexity index is 225. The molecule has 0 heterocycles. The third kappa shape index (κ3) is 2.77. The van der Waals surface area contributed by atoms with Crippen LogP contribution in [-0.2, 0) is 4.84 Å². The fourth-order valence-corrected chi connectivity index (χ4v) is 0.642. The van der Waals surface area contributed by atoms with Gasteiger partial charge in [0.15, 0.2) is 0 Å². The minimum atomic E-state index is -0.513. The maximum absolute atomic E-state index is 10.7. The summed E-state index contributed by atoms with van der Waals surface area (Å²) in [5.41, 5.74) is 0.463. The Kier molecular flexibility index (Phi) is 4.63. The summed E-state index contributed by atoms with van der Waals surface area (Å²) in [6.45, 7) is 0.